The standard InChI is InChI=1S/C10H19NO3/c1-8-5-4-6-11(8)7-10(2,13)9(12)14-3/h8,13H,4-7H2,1-3H3. The highest BCUT2D eigenvalue weighted by molar-refractivity contribution is 5.78. The van der Waals surface area contributed by atoms with Crippen molar-refractivity contribution in [3.8, 4) is 0 Å². The molecule has 0 radical (unpaired) electrons. The van der Waals surface area contributed by atoms with Crippen molar-refractivity contribution in [3.05, 3.63) is 0 Å². The number of esters is 1. The van der Waals surface area contributed by atoms with Gasteiger partial charge in [-0.05, 0) is 33.2 Å². The van der Waals surface area contributed by atoms with E-state index in [2.05, 4.69) is 16.6 Å². The van der Waals surface area contributed by atoms with Crippen molar-refractivity contribution >= 4 is 5.97 Å². The molecule has 0 spiro atoms. The SMILES string of the molecule is COC(=O)C(C)(O)CN1CCCC1C. The Balaban J connectivity index is 2.53. The Hall–Kier alpha value is -0.610. The number of carbonyl (C=O) groups is 1. The number of likely N-dealkylation sites (tertiary alicyclic amines) is 1. The van der Waals surface area contributed by atoms with E-state index in [1.54, 1.807) is 0 Å². The molecule has 1 aliphatic rings. The van der Waals surface area contributed by atoms with Gasteiger partial charge < -0.3 is 9.84 Å². The summed E-state index contributed by atoms with van der Waals surface area (Å²) in [5.41, 5.74) is -1.38. The third-order valence-corrected chi connectivity index (χ3v) is 2.83. The average Bonchev–Trinajstić information content (AvgIpc) is 2.50. The highest BCUT2D eigenvalue weighted by atomic mass is 16.5. The van der Waals surface area contributed by atoms with E-state index in [1.807, 2.05) is 0 Å². The summed E-state index contributed by atoms with van der Waals surface area (Å²) in [6.07, 6.45) is 2.27. The molecule has 1 aliphatic heterocycles. The molecule has 1 rings (SSSR count). The first-order valence-corrected chi connectivity index (χ1v) is 5.02. The van der Waals surface area contributed by atoms with Crippen LogP contribution in [0.5, 0.6) is 0 Å². The van der Waals surface area contributed by atoms with Gasteiger partial charge in [0.05, 0.1) is 7.11 Å². The molecule has 0 amide bonds. The van der Waals surface area contributed by atoms with Crippen LogP contribution >= 0.6 is 0 Å². The molecule has 1 saturated heterocycles. The zero-order chi connectivity index (χ0) is 10.8. The lowest BCUT2D eigenvalue weighted by Crippen LogP contribution is -2.48. The van der Waals surface area contributed by atoms with Gasteiger partial charge in [0.2, 0.25) is 0 Å². The molecule has 0 aromatic rings. The van der Waals surface area contributed by atoms with Crippen molar-refractivity contribution in [3.63, 3.8) is 0 Å². The van der Waals surface area contributed by atoms with Crippen LogP contribution in [0.15, 0.2) is 0 Å². The lowest BCUT2D eigenvalue weighted by molar-refractivity contribution is -0.162. The number of ether oxygens (including phenoxy) is 1. The van der Waals surface area contributed by atoms with Crippen LogP contribution in [0, 0.1) is 0 Å². The molecule has 0 aromatic heterocycles. The van der Waals surface area contributed by atoms with E-state index in [4.69, 9.17) is 0 Å². The Kier molecular flexibility index (Phi) is 3.50. The van der Waals surface area contributed by atoms with E-state index >= 15 is 0 Å². The smallest absolute Gasteiger partial charge is 0.338 e. The monoisotopic (exact) mass is 201 g/mol. The van der Waals surface area contributed by atoms with Crippen LogP contribution in [0.2, 0.25) is 0 Å². The fraction of sp³-hybridized carbons (Fsp3) is 0.900. The van der Waals surface area contributed by atoms with Gasteiger partial charge in [0, 0.05) is 12.6 Å². The number of nitrogens with zero attached hydrogens (tertiary/aromatic N) is 1. The minimum atomic E-state index is -1.38. The molecule has 4 heteroatoms. The topological polar surface area (TPSA) is 49.8 Å². The molecule has 0 aromatic carbocycles. The Morgan fingerprint density at radius 3 is 2.79 bits per heavy atom. The molecule has 1 heterocycles. The van der Waals surface area contributed by atoms with Gasteiger partial charge in [-0.3, -0.25) is 4.90 Å². The Bertz CT molecular complexity index is 215. The maximum absolute atomic E-state index is 11.2. The number of hydrogen-bond acceptors (Lipinski definition) is 4. The van der Waals surface area contributed by atoms with Crippen LogP contribution in [0.25, 0.3) is 0 Å². The molecule has 14 heavy (non-hydrogen) atoms. The van der Waals surface area contributed by atoms with Gasteiger partial charge in [-0.2, -0.15) is 0 Å². The fourth-order valence-electron chi connectivity index (χ4n) is 1.91. The summed E-state index contributed by atoms with van der Waals surface area (Å²) >= 11 is 0. The van der Waals surface area contributed by atoms with Gasteiger partial charge in [-0.25, -0.2) is 4.79 Å². The molecule has 0 saturated carbocycles. The van der Waals surface area contributed by atoms with Crippen LogP contribution in [0.4, 0.5) is 0 Å². The van der Waals surface area contributed by atoms with Crippen molar-refractivity contribution < 1.29 is 14.6 Å². The van der Waals surface area contributed by atoms with Gasteiger partial charge in [0.15, 0.2) is 5.60 Å². The van der Waals surface area contributed by atoms with Crippen molar-refractivity contribution in [2.75, 3.05) is 20.2 Å². The second-order valence-electron chi connectivity index (χ2n) is 4.23. The molecule has 4 nitrogen and oxygen atoms in total. The highest BCUT2D eigenvalue weighted by Crippen LogP contribution is 2.19. The van der Waals surface area contributed by atoms with Crippen LogP contribution in [-0.4, -0.2) is 47.8 Å². The van der Waals surface area contributed by atoms with E-state index in [0.29, 0.717) is 12.6 Å². The summed E-state index contributed by atoms with van der Waals surface area (Å²) in [4.78, 5) is 13.4. The summed E-state index contributed by atoms with van der Waals surface area (Å²) in [5.74, 6) is -0.559. The molecule has 0 aliphatic carbocycles. The number of rotatable bonds is 3. The predicted octanol–water partition coefficient (Wildman–Crippen LogP) is 0.395. The van der Waals surface area contributed by atoms with Crippen molar-refractivity contribution in [2.45, 2.75) is 38.3 Å². The summed E-state index contributed by atoms with van der Waals surface area (Å²) in [6.45, 7) is 4.93. The maximum atomic E-state index is 11.2. The number of aliphatic hydroxyl groups is 1. The number of hydrogen-bond donors (Lipinski definition) is 1. The minimum absolute atomic E-state index is 0.362. The van der Waals surface area contributed by atoms with Crippen molar-refractivity contribution in [1.29, 1.82) is 0 Å². The van der Waals surface area contributed by atoms with Gasteiger partial charge in [-0.1, -0.05) is 0 Å². The molecule has 2 unspecified atom stereocenters. The van der Waals surface area contributed by atoms with E-state index in [9.17, 15) is 9.90 Å². The molecular weight excluding hydrogens is 182 g/mol. The van der Waals surface area contributed by atoms with Crippen LogP contribution in [0.1, 0.15) is 26.7 Å². The lowest BCUT2D eigenvalue weighted by Gasteiger charge is -2.29. The molecule has 1 N–H and O–H groups in total. The first-order chi connectivity index (χ1) is 6.47. The van der Waals surface area contributed by atoms with Crippen LogP contribution in [0.3, 0.4) is 0 Å². The minimum Gasteiger partial charge on any atom is -0.467 e. The third kappa shape index (κ3) is 2.45. The molecular formula is C10H19NO3. The number of methoxy groups -OCH3 is 1. The lowest BCUT2D eigenvalue weighted by atomic mass is 10.1. The number of β-amino-alcohol motifs (C(OH)–C–C–N with tert-alkyl or cyclic N) is 1. The summed E-state index contributed by atoms with van der Waals surface area (Å²) in [5, 5.41) is 9.84. The van der Waals surface area contributed by atoms with Crippen molar-refractivity contribution in [2.24, 2.45) is 0 Å². The Labute approximate surface area is 84.8 Å². The number of carbonyl (C=O) groups excluding carboxylic acids is 1. The van der Waals surface area contributed by atoms with Crippen LogP contribution < -0.4 is 0 Å². The van der Waals surface area contributed by atoms with E-state index in [1.165, 1.54) is 14.0 Å². The summed E-state index contributed by atoms with van der Waals surface area (Å²) in [7, 11) is 1.30. The molecule has 2 atom stereocenters. The molecule has 1 fully saturated rings. The molecule has 82 valence electrons. The average molecular weight is 201 g/mol. The fourth-order valence-corrected chi connectivity index (χ4v) is 1.91. The van der Waals surface area contributed by atoms with E-state index in [-0.39, 0.29) is 0 Å². The zero-order valence-corrected chi connectivity index (χ0v) is 9.12. The largest absolute Gasteiger partial charge is 0.467 e. The first-order valence-electron chi connectivity index (χ1n) is 5.02. The quantitative estimate of drug-likeness (QED) is 0.671. The normalized spacial score (nSPS) is 27.3. The first kappa shape index (κ1) is 11.5. The highest BCUT2D eigenvalue weighted by Gasteiger charge is 2.36. The Morgan fingerprint density at radius 2 is 2.36 bits per heavy atom. The molecule has 0 bridgehead atoms. The summed E-state index contributed by atoms with van der Waals surface area (Å²) in [6, 6.07) is 0.450. The third-order valence-electron chi connectivity index (χ3n) is 2.83. The summed E-state index contributed by atoms with van der Waals surface area (Å²) < 4.78 is 4.54. The second kappa shape index (κ2) is 4.28. The van der Waals surface area contributed by atoms with Gasteiger partial charge >= 0.3 is 5.97 Å². The van der Waals surface area contributed by atoms with E-state index < -0.39 is 11.6 Å². The van der Waals surface area contributed by atoms with Gasteiger partial charge in [0.25, 0.3) is 0 Å². The van der Waals surface area contributed by atoms with Crippen LogP contribution in [-0.2, 0) is 9.53 Å². The van der Waals surface area contributed by atoms with Gasteiger partial charge in [-0.15, -0.1) is 0 Å². The van der Waals surface area contributed by atoms with Gasteiger partial charge in [0.1, 0.15) is 0 Å². The zero-order valence-electron chi connectivity index (χ0n) is 9.12. The predicted molar refractivity (Wildman–Crippen MR) is 52.9 cm³/mol. The van der Waals surface area contributed by atoms with E-state index in [0.717, 1.165) is 19.4 Å². The second-order valence-corrected chi connectivity index (χ2v) is 4.23. The Morgan fingerprint density at radius 1 is 1.71 bits per heavy atom. The maximum Gasteiger partial charge on any atom is 0.338 e. The van der Waals surface area contributed by atoms with Crippen molar-refractivity contribution in [1.82, 2.24) is 4.90 Å².